The highest BCUT2D eigenvalue weighted by molar-refractivity contribution is 6.07. The summed E-state index contributed by atoms with van der Waals surface area (Å²) in [5.74, 6) is -0.281. The van der Waals surface area contributed by atoms with Gasteiger partial charge in [0.15, 0.2) is 6.61 Å². The number of hydrogen-bond donors (Lipinski definition) is 1. The normalized spacial score (nSPS) is 17.8. The fourth-order valence-corrected chi connectivity index (χ4v) is 4.98. The summed E-state index contributed by atoms with van der Waals surface area (Å²) in [6.07, 6.45) is 9.04. The Kier molecular flexibility index (Phi) is 5.89. The number of pyridine rings is 1. The number of hydrogen-bond acceptors (Lipinski definition) is 6. The predicted octanol–water partition coefficient (Wildman–Crippen LogP) is 4.81. The SMILES string of the molecule is N#CC1(NC(=O)COC(=O)c2c3c(nc4ccccc24)/C(=C\c2ccco2)CC3)CCCCC1. The molecule has 1 fully saturated rings. The van der Waals surface area contributed by atoms with Gasteiger partial charge in [-0.1, -0.05) is 37.5 Å². The van der Waals surface area contributed by atoms with Gasteiger partial charge in [-0.25, -0.2) is 9.78 Å². The van der Waals surface area contributed by atoms with Crippen LogP contribution in [0.5, 0.6) is 0 Å². The molecule has 0 radical (unpaired) electrons. The third-order valence-corrected chi connectivity index (χ3v) is 6.64. The maximum Gasteiger partial charge on any atom is 0.339 e. The van der Waals surface area contributed by atoms with Crippen molar-refractivity contribution in [1.29, 1.82) is 5.26 Å². The lowest BCUT2D eigenvalue weighted by molar-refractivity contribution is -0.125. The van der Waals surface area contributed by atoms with Crippen molar-refractivity contribution in [2.24, 2.45) is 0 Å². The van der Waals surface area contributed by atoms with Crippen molar-refractivity contribution in [2.45, 2.75) is 50.5 Å². The molecule has 1 N–H and O–H groups in total. The Labute approximate surface area is 197 Å². The van der Waals surface area contributed by atoms with Crippen LogP contribution >= 0.6 is 0 Å². The third kappa shape index (κ3) is 4.19. The number of nitrogens with one attached hydrogen (secondary N) is 1. The van der Waals surface area contributed by atoms with Crippen LogP contribution in [0.3, 0.4) is 0 Å². The number of para-hydroxylation sites is 1. The van der Waals surface area contributed by atoms with E-state index in [2.05, 4.69) is 11.4 Å². The van der Waals surface area contributed by atoms with E-state index in [1.807, 2.05) is 42.5 Å². The highest BCUT2D eigenvalue weighted by Gasteiger charge is 2.34. The average molecular weight is 456 g/mol. The zero-order valence-electron chi connectivity index (χ0n) is 18.8. The molecule has 0 bridgehead atoms. The van der Waals surface area contributed by atoms with Crippen LogP contribution < -0.4 is 5.32 Å². The van der Waals surface area contributed by atoms with E-state index in [1.54, 1.807) is 6.26 Å². The van der Waals surface area contributed by atoms with Gasteiger partial charge >= 0.3 is 5.97 Å². The van der Waals surface area contributed by atoms with E-state index in [9.17, 15) is 14.9 Å². The molecule has 0 spiro atoms. The summed E-state index contributed by atoms with van der Waals surface area (Å²) in [5, 5.41) is 13.1. The first-order valence-corrected chi connectivity index (χ1v) is 11.6. The van der Waals surface area contributed by atoms with Gasteiger partial charge in [0.05, 0.1) is 29.1 Å². The lowest BCUT2D eigenvalue weighted by Gasteiger charge is -2.31. The van der Waals surface area contributed by atoms with Gasteiger partial charge in [0, 0.05) is 5.39 Å². The number of ether oxygens (including phenoxy) is 1. The van der Waals surface area contributed by atoms with Crippen molar-refractivity contribution in [1.82, 2.24) is 10.3 Å². The van der Waals surface area contributed by atoms with Crippen LogP contribution in [0.2, 0.25) is 0 Å². The molecule has 1 saturated carbocycles. The molecule has 2 aromatic heterocycles. The van der Waals surface area contributed by atoms with Crippen molar-refractivity contribution in [3.8, 4) is 6.07 Å². The van der Waals surface area contributed by atoms with Crippen LogP contribution in [0.4, 0.5) is 0 Å². The molecule has 0 atom stereocenters. The first-order chi connectivity index (χ1) is 16.6. The zero-order chi connectivity index (χ0) is 23.5. The number of rotatable bonds is 5. The smallest absolute Gasteiger partial charge is 0.339 e. The number of allylic oxidation sites excluding steroid dienone is 1. The Hall–Kier alpha value is -3.92. The fraction of sp³-hybridized carbons (Fsp3) is 0.333. The number of nitrogens with zero attached hydrogens (tertiary/aromatic N) is 2. The van der Waals surface area contributed by atoms with Gasteiger partial charge in [-0.3, -0.25) is 4.79 Å². The summed E-state index contributed by atoms with van der Waals surface area (Å²) in [7, 11) is 0. The van der Waals surface area contributed by atoms with E-state index < -0.39 is 24.0 Å². The quantitative estimate of drug-likeness (QED) is 0.553. The molecule has 2 aliphatic rings. The summed E-state index contributed by atoms with van der Waals surface area (Å²) in [5.41, 5.74) is 2.85. The third-order valence-electron chi connectivity index (χ3n) is 6.64. The van der Waals surface area contributed by atoms with Crippen molar-refractivity contribution in [3.63, 3.8) is 0 Å². The van der Waals surface area contributed by atoms with Crippen LogP contribution in [0, 0.1) is 11.3 Å². The summed E-state index contributed by atoms with van der Waals surface area (Å²) < 4.78 is 10.9. The van der Waals surface area contributed by atoms with Crippen LogP contribution in [-0.2, 0) is 16.0 Å². The maximum absolute atomic E-state index is 13.3. The summed E-state index contributed by atoms with van der Waals surface area (Å²) in [6.45, 7) is -0.428. The number of furan rings is 1. The van der Waals surface area contributed by atoms with Crippen molar-refractivity contribution >= 4 is 34.4 Å². The molecular weight excluding hydrogens is 430 g/mol. The molecule has 5 rings (SSSR count). The highest BCUT2D eigenvalue weighted by Crippen LogP contribution is 2.38. The fourth-order valence-electron chi connectivity index (χ4n) is 4.98. The zero-order valence-corrected chi connectivity index (χ0v) is 18.8. The van der Waals surface area contributed by atoms with Crippen LogP contribution in [0.25, 0.3) is 22.6 Å². The van der Waals surface area contributed by atoms with Gasteiger partial charge in [0.2, 0.25) is 0 Å². The Balaban J connectivity index is 1.40. The standard InChI is InChI=1S/C27H25N3O4/c28-17-27(12-4-1-5-13-27)30-23(31)16-34-26(32)24-20-8-2-3-9-22(20)29-25-18(10-11-21(24)25)15-19-7-6-14-33-19/h2-3,6-9,14-15H,1,4-5,10-13,16H2,(H,30,31)/b18-15-. The Bertz CT molecular complexity index is 1310. The minimum absolute atomic E-state index is 0.428. The van der Waals surface area contributed by atoms with Crippen LogP contribution in [-0.4, -0.2) is 29.0 Å². The topological polar surface area (TPSA) is 105 Å². The minimum Gasteiger partial charge on any atom is -0.465 e. The summed E-state index contributed by atoms with van der Waals surface area (Å²) in [4.78, 5) is 30.6. The number of fused-ring (bicyclic) bond motifs is 2. The second-order valence-electron chi connectivity index (χ2n) is 8.89. The Morgan fingerprint density at radius 1 is 1.15 bits per heavy atom. The second-order valence-corrected chi connectivity index (χ2v) is 8.89. The lowest BCUT2D eigenvalue weighted by Crippen LogP contribution is -2.50. The first-order valence-electron chi connectivity index (χ1n) is 11.6. The van der Waals surface area contributed by atoms with Crippen molar-refractivity contribution in [3.05, 3.63) is 65.2 Å². The number of benzene rings is 1. The van der Waals surface area contributed by atoms with E-state index in [1.165, 1.54) is 0 Å². The Morgan fingerprint density at radius 2 is 1.97 bits per heavy atom. The largest absolute Gasteiger partial charge is 0.465 e. The molecule has 2 heterocycles. The van der Waals surface area contributed by atoms with E-state index in [4.69, 9.17) is 14.1 Å². The molecule has 1 aromatic carbocycles. The maximum atomic E-state index is 13.3. The van der Waals surface area contributed by atoms with Gasteiger partial charge in [-0.15, -0.1) is 0 Å². The van der Waals surface area contributed by atoms with E-state index in [0.717, 1.165) is 48.3 Å². The molecule has 3 aromatic rings. The van der Waals surface area contributed by atoms with E-state index >= 15 is 0 Å². The monoisotopic (exact) mass is 455 g/mol. The molecule has 34 heavy (non-hydrogen) atoms. The number of carbonyl (C=O) groups excluding carboxylic acids is 2. The molecule has 172 valence electrons. The number of esters is 1. The van der Waals surface area contributed by atoms with Gasteiger partial charge in [0.1, 0.15) is 11.3 Å². The predicted molar refractivity (Wildman–Crippen MR) is 126 cm³/mol. The number of carbonyl (C=O) groups is 2. The van der Waals surface area contributed by atoms with Crippen LogP contribution in [0.15, 0.2) is 47.1 Å². The molecule has 0 saturated heterocycles. The van der Waals surface area contributed by atoms with Gasteiger partial charge < -0.3 is 14.5 Å². The molecular formula is C27H25N3O4. The lowest BCUT2D eigenvalue weighted by atomic mass is 9.83. The average Bonchev–Trinajstić information content (AvgIpc) is 3.52. The highest BCUT2D eigenvalue weighted by atomic mass is 16.5. The van der Waals surface area contributed by atoms with E-state index in [-0.39, 0.29) is 0 Å². The van der Waals surface area contributed by atoms with E-state index in [0.29, 0.717) is 35.7 Å². The first kappa shape index (κ1) is 21.9. The van der Waals surface area contributed by atoms with Gasteiger partial charge in [-0.05, 0) is 61.1 Å². The molecule has 7 nitrogen and oxygen atoms in total. The van der Waals surface area contributed by atoms with Crippen molar-refractivity contribution < 1.29 is 18.7 Å². The molecule has 0 unspecified atom stereocenters. The minimum atomic E-state index is -0.863. The number of nitriles is 1. The van der Waals surface area contributed by atoms with Crippen LogP contribution in [0.1, 0.15) is 65.9 Å². The number of aromatic nitrogens is 1. The molecule has 7 heteroatoms. The second kappa shape index (κ2) is 9.14. The van der Waals surface area contributed by atoms with Gasteiger partial charge in [0.25, 0.3) is 5.91 Å². The molecule has 1 amide bonds. The Morgan fingerprint density at radius 3 is 2.74 bits per heavy atom. The van der Waals surface area contributed by atoms with Crippen molar-refractivity contribution in [2.75, 3.05) is 6.61 Å². The van der Waals surface area contributed by atoms with Gasteiger partial charge in [-0.2, -0.15) is 5.26 Å². The summed E-state index contributed by atoms with van der Waals surface area (Å²) in [6, 6.07) is 13.4. The molecule has 0 aliphatic heterocycles. The summed E-state index contributed by atoms with van der Waals surface area (Å²) >= 11 is 0. The molecule has 2 aliphatic carbocycles. The number of amides is 1.